The van der Waals surface area contributed by atoms with Crippen molar-refractivity contribution in [2.75, 3.05) is 5.32 Å². The monoisotopic (exact) mass is 373 g/mol. The average Bonchev–Trinajstić information content (AvgIpc) is 2.61. The molecule has 2 aromatic rings. The van der Waals surface area contributed by atoms with E-state index in [0.29, 0.717) is 5.56 Å². The molecular weight excluding hydrogens is 353 g/mol. The fraction of sp³-hybridized carbons (Fsp3) is 0.263. The minimum absolute atomic E-state index is 0.0725. The highest BCUT2D eigenvalue weighted by molar-refractivity contribution is 6.01. The zero-order valence-electron chi connectivity index (χ0n) is 15.2. The minimum Gasteiger partial charge on any atom is -0.340 e. The lowest BCUT2D eigenvalue weighted by molar-refractivity contribution is -0.387. The number of anilines is 1. The van der Waals surface area contributed by atoms with Crippen LogP contribution in [0.2, 0.25) is 0 Å². The molecule has 0 saturated heterocycles. The Balaban J connectivity index is 2.15. The Labute approximate surface area is 155 Å². The zero-order chi connectivity index (χ0) is 20.1. The number of amides is 2. The van der Waals surface area contributed by atoms with Gasteiger partial charge in [0.15, 0.2) is 0 Å². The maximum atomic E-state index is 13.4. The molecule has 142 valence electrons. The molecule has 0 saturated carbocycles. The molecule has 7 nitrogen and oxygen atoms in total. The van der Waals surface area contributed by atoms with E-state index in [9.17, 15) is 24.1 Å². The van der Waals surface area contributed by atoms with E-state index in [4.69, 9.17) is 0 Å². The fourth-order valence-electron chi connectivity index (χ4n) is 2.41. The predicted octanol–water partition coefficient (Wildman–Crippen LogP) is 3.44. The lowest BCUT2D eigenvalue weighted by Crippen LogP contribution is -2.47. The van der Waals surface area contributed by atoms with Crippen LogP contribution in [0.3, 0.4) is 0 Å². The van der Waals surface area contributed by atoms with Gasteiger partial charge in [-0.1, -0.05) is 31.5 Å². The van der Waals surface area contributed by atoms with Crippen LogP contribution in [0.25, 0.3) is 0 Å². The van der Waals surface area contributed by atoms with Crippen molar-refractivity contribution in [3.63, 3.8) is 0 Å². The van der Waals surface area contributed by atoms with Crippen molar-refractivity contribution in [1.82, 2.24) is 5.32 Å². The van der Waals surface area contributed by atoms with Gasteiger partial charge in [-0.3, -0.25) is 19.7 Å². The summed E-state index contributed by atoms with van der Waals surface area (Å²) in [4.78, 5) is 34.9. The molecule has 0 aliphatic rings. The Hall–Kier alpha value is -3.29. The van der Waals surface area contributed by atoms with Crippen LogP contribution in [0, 0.1) is 28.8 Å². The summed E-state index contributed by atoms with van der Waals surface area (Å²) in [5.74, 6) is -2.19. The highest BCUT2D eigenvalue weighted by Crippen LogP contribution is 2.22. The van der Waals surface area contributed by atoms with E-state index in [0.717, 1.165) is 17.7 Å². The van der Waals surface area contributed by atoms with Crippen LogP contribution in [-0.4, -0.2) is 22.8 Å². The van der Waals surface area contributed by atoms with E-state index >= 15 is 0 Å². The summed E-state index contributed by atoms with van der Waals surface area (Å²) in [5.41, 5.74) is 0.750. The second kappa shape index (κ2) is 8.39. The maximum absolute atomic E-state index is 13.4. The van der Waals surface area contributed by atoms with Gasteiger partial charge >= 0.3 is 5.69 Å². The number of hydrogen-bond acceptors (Lipinski definition) is 4. The average molecular weight is 373 g/mol. The van der Waals surface area contributed by atoms with Crippen LogP contribution in [0.5, 0.6) is 0 Å². The van der Waals surface area contributed by atoms with E-state index in [1.54, 1.807) is 38.1 Å². The summed E-state index contributed by atoms with van der Waals surface area (Å²) in [6.45, 7) is 5.41. The van der Waals surface area contributed by atoms with E-state index in [-0.39, 0.29) is 11.6 Å². The molecule has 0 bridgehead atoms. The summed E-state index contributed by atoms with van der Waals surface area (Å²) in [6.07, 6.45) is 0. The first-order valence-corrected chi connectivity index (χ1v) is 8.31. The lowest BCUT2D eigenvalue weighted by atomic mass is 10.0. The highest BCUT2D eigenvalue weighted by atomic mass is 19.1. The predicted molar refractivity (Wildman–Crippen MR) is 99.0 cm³/mol. The first-order valence-electron chi connectivity index (χ1n) is 8.31. The summed E-state index contributed by atoms with van der Waals surface area (Å²) in [7, 11) is 0. The first kappa shape index (κ1) is 20.0. The molecule has 0 fully saturated rings. The molecule has 0 aliphatic heterocycles. The number of nitro groups is 1. The van der Waals surface area contributed by atoms with Gasteiger partial charge in [0.05, 0.1) is 4.92 Å². The Bertz CT molecular complexity index is 866. The molecule has 2 aromatic carbocycles. The van der Waals surface area contributed by atoms with Gasteiger partial charge in [0.2, 0.25) is 11.7 Å². The Morgan fingerprint density at radius 1 is 1.11 bits per heavy atom. The number of carbonyl (C=O) groups excluding carboxylic acids is 2. The third kappa shape index (κ3) is 5.10. The normalized spacial score (nSPS) is 11.7. The van der Waals surface area contributed by atoms with Gasteiger partial charge in [0.25, 0.3) is 5.91 Å². The molecular formula is C19H20FN3O4. The number of aryl methyl sites for hydroxylation is 1. The number of halogens is 1. The Morgan fingerprint density at radius 3 is 2.30 bits per heavy atom. The smallest absolute Gasteiger partial charge is 0.306 e. The van der Waals surface area contributed by atoms with Crippen molar-refractivity contribution >= 4 is 23.2 Å². The fourth-order valence-corrected chi connectivity index (χ4v) is 2.41. The topological polar surface area (TPSA) is 101 Å². The molecule has 0 radical (unpaired) electrons. The molecule has 27 heavy (non-hydrogen) atoms. The molecule has 8 heteroatoms. The number of hydrogen-bond donors (Lipinski definition) is 2. The zero-order valence-corrected chi connectivity index (χ0v) is 15.2. The largest absolute Gasteiger partial charge is 0.340 e. The lowest BCUT2D eigenvalue weighted by Gasteiger charge is -2.21. The third-order valence-electron chi connectivity index (χ3n) is 3.96. The van der Waals surface area contributed by atoms with Gasteiger partial charge in [0, 0.05) is 17.3 Å². The number of nitrogens with one attached hydrogen (secondary N) is 2. The molecule has 0 spiro atoms. The summed E-state index contributed by atoms with van der Waals surface area (Å²) >= 11 is 0. The number of rotatable bonds is 6. The van der Waals surface area contributed by atoms with Crippen molar-refractivity contribution in [2.24, 2.45) is 5.92 Å². The van der Waals surface area contributed by atoms with Gasteiger partial charge in [-0.25, -0.2) is 0 Å². The van der Waals surface area contributed by atoms with Crippen molar-refractivity contribution in [1.29, 1.82) is 0 Å². The van der Waals surface area contributed by atoms with Crippen molar-refractivity contribution in [2.45, 2.75) is 26.8 Å². The third-order valence-corrected chi connectivity index (χ3v) is 3.96. The summed E-state index contributed by atoms with van der Waals surface area (Å²) in [5, 5.41) is 16.0. The van der Waals surface area contributed by atoms with Crippen LogP contribution in [0.1, 0.15) is 29.8 Å². The van der Waals surface area contributed by atoms with Crippen LogP contribution in [-0.2, 0) is 4.79 Å². The number of nitrogens with zero attached hydrogens (tertiary/aromatic N) is 1. The second-order valence-corrected chi connectivity index (χ2v) is 6.47. The summed E-state index contributed by atoms with van der Waals surface area (Å²) in [6, 6.07) is 9.08. The van der Waals surface area contributed by atoms with Gasteiger partial charge in [-0.2, -0.15) is 4.39 Å². The number of carbonyl (C=O) groups is 2. The molecule has 2 rings (SSSR count). The van der Waals surface area contributed by atoms with Crippen LogP contribution in [0.15, 0.2) is 42.5 Å². The van der Waals surface area contributed by atoms with Crippen LogP contribution < -0.4 is 10.6 Å². The first-order chi connectivity index (χ1) is 12.7. The van der Waals surface area contributed by atoms with Gasteiger partial charge in [-0.15, -0.1) is 0 Å². The van der Waals surface area contributed by atoms with Gasteiger partial charge in [-0.05, 0) is 37.1 Å². The second-order valence-electron chi connectivity index (χ2n) is 6.47. The van der Waals surface area contributed by atoms with Gasteiger partial charge < -0.3 is 10.6 Å². The van der Waals surface area contributed by atoms with E-state index < -0.39 is 34.3 Å². The van der Waals surface area contributed by atoms with Crippen LogP contribution in [0.4, 0.5) is 15.8 Å². The SMILES string of the molecule is Cc1ccc(C(=O)N[C@H](C(=O)Nc2ccc(F)c([N+](=O)[O-])c2)C(C)C)cc1. The minimum atomic E-state index is -0.994. The van der Waals surface area contributed by atoms with Gasteiger partial charge in [0.1, 0.15) is 6.04 Å². The molecule has 0 aliphatic carbocycles. The number of nitro benzene ring substituents is 1. The number of benzene rings is 2. The standard InChI is InChI=1S/C19H20FN3O4/c1-11(2)17(22-18(24)13-6-4-12(3)5-7-13)19(25)21-14-8-9-15(20)16(10-14)23(26)27/h4-11,17H,1-3H3,(H,21,25)(H,22,24)/t17-/m0/s1. The Kier molecular flexibility index (Phi) is 6.23. The quantitative estimate of drug-likeness (QED) is 0.598. The highest BCUT2D eigenvalue weighted by Gasteiger charge is 2.25. The molecule has 2 amide bonds. The van der Waals surface area contributed by atoms with Crippen LogP contribution >= 0.6 is 0 Å². The van der Waals surface area contributed by atoms with Crippen molar-refractivity contribution < 1.29 is 18.9 Å². The molecule has 0 unspecified atom stereocenters. The van der Waals surface area contributed by atoms with E-state index in [1.807, 2.05) is 6.92 Å². The molecule has 1 atom stereocenters. The van der Waals surface area contributed by atoms with E-state index in [1.165, 1.54) is 6.07 Å². The maximum Gasteiger partial charge on any atom is 0.306 e. The Morgan fingerprint density at radius 2 is 1.74 bits per heavy atom. The molecule has 0 heterocycles. The molecule has 0 aromatic heterocycles. The summed E-state index contributed by atoms with van der Waals surface area (Å²) < 4.78 is 13.4. The van der Waals surface area contributed by atoms with Crippen molar-refractivity contribution in [3.8, 4) is 0 Å². The van der Waals surface area contributed by atoms with Crippen molar-refractivity contribution in [3.05, 3.63) is 69.5 Å². The molecule has 2 N–H and O–H groups in total. The van der Waals surface area contributed by atoms with E-state index in [2.05, 4.69) is 10.6 Å².